The largest absolute Gasteiger partial charge is 0.379 e. The zero-order chi connectivity index (χ0) is 22.2. The fourth-order valence-electron chi connectivity index (χ4n) is 3.07. The van der Waals surface area contributed by atoms with Gasteiger partial charge in [-0.3, -0.25) is 0 Å². The first-order valence-corrected chi connectivity index (χ1v) is 12.1. The highest BCUT2D eigenvalue weighted by atomic mass is 17.2. The normalized spacial score (nSPS) is 11.2. The van der Waals surface area contributed by atoms with E-state index in [4.69, 9.17) is 28.7 Å². The van der Waals surface area contributed by atoms with Gasteiger partial charge in [-0.15, -0.1) is 0 Å². The molecule has 0 fully saturated rings. The second-order valence-corrected chi connectivity index (χ2v) is 7.42. The lowest BCUT2D eigenvalue weighted by Crippen LogP contribution is -2.13. The van der Waals surface area contributed by atoms with Crippen LogP contribution in [-0.2, 0) is 30.3 Å². The predicted molar refractivity (Wildman–Crippen MR) is 124 cm³/mol. The van der Waals surface area contributed by atoms with Crippen molar-refractivity contribution in [3.8, 4) is 5.75 Å². The molecule has 1 rings (SSSR count). The summed E-state index contributed by atoms with van der Waals surface area (Å²) in [5.41, 5.74) is 1.20. The third-order valence-corrected chi connectivity index (χ3v) is 4.80. The Bertz CT molecular complexity index is 497. The molecule has 0 radical (unpaired) electrons. The van der Waals surface area contributed by atoms with Crippen LogP contribution in [0, 0.1) is 0 Å². The van der Waals surface area contributed by atoms with Crippen LogP contribution in [0.4, 0.5) is 0 Å². The zero-order valence-electron chi connectivity index (χ0n) is 19.8. The van der Waals surface area contributed by atoms with Gasteiger partial charge in [-0.1, -0.05) is 63.6 Å². The van der Waals surface area contributed by atoms with Gasteiger partial charge >= 0.3 is 0 Å². The Morgan fingerprint density at radius 1 is 0.581 bits per heavy atom. The van der Waals surface area contributed by atoms with Crippen LogP contribution < -0.4 is 4.89 Å². The van der Waals surface area contributed by atoms with E-state index in [2.05, 4.69) is 19.1 Å². The lowest BCUT2D eigenvalue weighted by Gasteiger charge is -2.10. The van der Waals surface area contributed by atoms with Crippen LogP contribution in [0.15, 0.2) is 24.3 Å². The summed E-state index contributed by atoms with van der Waals surface area (Å²) in [6.45, 7) is 9.22. The van der Waals surface area contributed by atoms with Crippen molar-refractivity contribution in [1.29, 1.82) is 0 Å². The first-order chi connectivity index (χ1) is 15.4. The van der Waals surface area contributed by atoms with Crippen LogP contribution in [0.5, 0.6) is 5.75 Å². The van der Waals surface area contributed by atoms with Crippen molar-refractivity contribution < 1.29 is 28.7 Å². The summed E-state index contributed by atoms with van der Waals surface area (Å²) in [5.74, 6) is 0.807. The molecule has 0 unspecified atom stereocenters. The van der Waals surface area contributed by atoms with Crippen molar-refractivity contribution >= 4 is 0 Å². The standard InChI is InChI=1S/C25H44O6/c1-3-5-6-7-8-9-10-13-24-14-11-12-15-25(24)31-30-23-22-29-21-20-28-19-18-27-17-16-26-4-2/h11-12,14-15H,3-10,13,16-23H2,1-2H3. The fraction of sp³-hybridized carbons (Fsp3) is 0.760. The summed E-state index contributed by atoms with van der Waals surface area (Å²) in [6.07, 6.45) is 10.2. The number of hydrogen-bond acceptors (Lipinski definition) is 6. The van der Waals surface area contributed by atoms with Gasteiger partial charge in [0, 0.05) is 6.61 Å². The molecule has 180 valence electrons. The Balaban J connectivity index is 1.96. The number of aryl methyl sites for hydroxylation is 1. The number of rotatable bonds is 23. The van der Waals surface area contributed by atoms with Crippen LogP contribution in [0.25, 0.3) is 0 Å². The molecular weight excluding hydrogens is 396 g/mol. The molecule has 6 nitrogen and oxygen atoms in total. The summed E-state index contributed by atoms with van der Waals surface area (Å²) in [4.78, 5) is 10.8. The third kappa shape index (κ3) is 17.1. The van der Waals surface area contributed by atoms with Gasteiger partial charge in [-0.2, -0.15) is 4.89 Å². The van der Waals surface area contributed by atoms with Crippen LogP contribution >= 0.6 is 0 Å². The number of para-hydroxylation sites is 1. The van der Waals surface area contributed by atoms with Crippen LogP contribution in [0.2, 0.25) is 0 Å². The number of unbranched alkanes of at least 4 members (excludes halogenated alkanes) is 6. The maximum Gasteiger partial charge on any atom is 0.168 e. The molecular formula is C25H44O6. The smallest absolute Gasteiger partial charge is 0.168 e. The highest BCUT2D eigenvalue weighted by Gasteiger charge is 2.04. The number of hydrogen-bond donors (Lipinski definition) is 0. The maximum absolute atomic E-state index is 5.51. The van der Waals surface area contributed by atoms with Gasteiger partial charge in [0.25, 0.3) is 0 Å². The molecule has 0 aromatic heterocycles. The van der Waals surface area contributed by atoms with Gasteiger partial charge in [0.05, 0.1) is 46.2 Å². The second kappa shape index (κ2) is 22.0. The van der Waals surface area contributed by atoms with E-state index in [0.717, 1.165) is 18.8 Å². The monoisotopic (exact) mass is 440 g/mol. The van der Waals surface area contributed by atoms with Crippen LogP contribution in [-0.4, -0.2) is 59.5 Å². The quantitative estimate of drug-likeness (QED) is 0.129. The minimum absolute atomic E-state index is 0.381. The Labute approximate surface area is 189 Å². The van der Waals surface area contributed by atoms with Gasteiger partial charge in [0.1, 0.15) is 6.61 Å². The van der Waals surface area contributed by atoms with E-state index in [-0.39, 0.29) is 0 Å². The molecule has 0 atom stereocenters. The molecule has 6 heteroatoms. The third-order valence-electron chi connectivity index (χ3n) is 4.80. The van der Waals surface area contributed by atoms with Crippen molar-refractivity contribution in [2.75, 3.05) is 59.5 Å². The number of ether oxygens (including phenoxy) is 4. The maximum atomic E-state index is 5.51. The zero-order valence-corrected chi connectivity index (χ0v) is 19.8. The average Bonchev–Trinajstić information content (AvgIpc) is 2.79. The number of benzene rings is 1. The van der Waals surface area contributed by atoms with Crippen LogP contribution in [0.1, 0.15) is 64.4 Å². The van der Waals surface area contributed by atoms with Crippen molar-refractivity contribution in [2.45, 2.75) is 65.2 Å². The van der Waals surface area contributed by atoms with E-state index in [1.807, 2.05) is 19.1 Å². The second-order valence-electron chi connectivity index (χ2n) is 7.42. The van der Waals surface area contributed by atoms with Gasteiger partial charge < -0.3 is 23.8 Å². The molecule has 31 heavy (non-hydrogen) atoms. The Morgan fingerprint density at radius 3 is 1.77 bits per heavy atom. The van der Waals surface area contributed by atoms with Crippen molar-refractivity contribution in [3.63, 3.8) is 0 Å². The molecule has 0 saturated heterocycles. The lowest BCUT2D eigenvalue weighted by molar-refractivity contribution is -0.216. The van der Waals surface area contributed by atoms with Gasteiger partial charge in [0.15, 0.2) is 5.75 Å². The molecule has 1 aromatic carbocycles. The van der Waals surface area contributed by atoms with E-state index >= 15 is 0 Å². The molecule has 0 spiro atoms. The summed E-state index contributed by atoms with van der Waals surface area (Å²) in [6, 6.07) is 8.10. The summed E-state index contributed by atoms with van der Waals surface area (Å²) < 4.78 is 21.5. The molecule has 0 N–H and O–H groups in total. The molecule has 0 saturated carbocycles. The van der Waals surface area contributed by atoms with Crippen molar-refractivity contribution in [2.24, 2.45) is 0 Å². The molecule has 0 heterocycles. The van der Waals surface area contributed by atoms with E-state index in [1.165, 1.54) is 50.5 Å². The molecule has 0 amide bonds. The molecule has 1 aromatic rings. The SMILES string of the molecule is CCCCCCCCCc1ccccc1OOCCOCCOCCOCCOCC. The summed E-state index contributed by atoms with van der Waals surface area (Å²) in [5, 5.41) is 0. The highest BCUT2D eigenvalue weighted by Crippen LogP contribution is 2.21. The minimum Gasteiger partial charge on any atom is -0.379 e. The van der Waals surface area contributed by atoms with Gasteiger partial charge in [-0.05, 0) is 31.4 Å². The van der Waals surface area contributed by atoms with Gasteiger partial charge in [-0.25, -0.2) is 0 Å². The summed E-state index contributed by atoms with van der Waals surface area (Å²) in [7, 11) is 0. The Hall–Kier alpha value is -1.18. The van der Waals surface area contributed by atoms with E-state index < -0.39 is 0 Å². The Kier molecular flexibility index (Phi) is 19.8. The van der Waals surface area contributed by atoms with Crippen molar-refractivity contribution in [1.82, 2.24) is 0 Å². The first-order valence-electron chi connectivity index (χ1n) is 12.1. The predicted octanol–water partition coefficient (Wildman–Crippen LogP) is 5.38. The summed E-state index contributed by atoms with van der Waals surface area (Å²) >= 11 is 0. The molecule has 0 aliphatic rings. The van der Waals surface area contributed by atoms with E-state index in [9.17, 15) is 0 Å². The highest BCUT2D eigenvalue weighted by molar-refractivity contribution is 5.32. The Morgan fingerprint density at radius 2 is 1.13 bits per heavy atom. The molecule has 0 aliphatic carbocycles. The first kappa shape index (κ1) is 27.9. The fourth-order valence-corrected chi connectivity index (χ4v) is 3.07. The van der Waals surface area contributed by atoms with E-state index in [0.29, 0.717) is 52.9 Å². The molecule has 0 bridgehead atoms. The lowest BCUT2D eigenvalue weighted by atomic mass is 10.0. The molecule has 0 aliphatic heterocycles. The van der Waals surface area contributed by atoms with Gasteiger partial charge in [0.2, 0.25) is 0 Å². The topological polar surface area (TPSA) is 55.4 Å². The van der Waals surface area contributed by atoms with E-state index in [1.54, 1.807) is 0 Å². The average molecular weight is 441 g/mol. The minimum atomic E-state index is 0.381. The van der Waals surface area contributed by atoms with Crippen LogP contribution in [0.3, 0.4) is 0 Å². The van der Waals surface area contributed by atoms with Crippen molar-refractivity contribution in [3.05, 3.63) is 29.8 Å².